The van der Waals surface area contributed by atoms with Gasteiger partial charge in [-0.1, -0.05) is 20.8 Å². The van der Waals surface area contributed by atoms with Crippen molar-refractivity contribution in [2.75, 3.05) is 0 Å². The summed E-state index contributed by atoms with van der Waals surface area (Å²) in [5, 5.41) is 0. The van der Waals surface area contributed by atoms with Gasteiger partial charge in [0, 0.05) is 17.5 Å². The zero-order chi connectivity index (χ0) is 13.5. The number of rotatable bonds is 2. The summed E-state index contributed by atoms with van der Waals surface area (Å²) in [5.41, 5.74) is 1.33. The number of benzene rings is 1. The Hall–Kier alpha value is -1.84. The highest BCUT2D eigenvalue weighted by molar-refractivity contribution is 6.01. The SMILES string of the molecule is CCn1c(=O)oc2cc(C(=O)C(C)(C)C)ccc21. The van der Waals surface area contributed by atoms with Crippen LogP contribution in [0.1, 0.15) is 38.1 Å². The Balaban J connectivity index is 2.59. The second-order valence-electron chi connectivity index (χ2n) is 5.37. The van der Waals surface area contributed by atoms with Crippen LogP contribution in [-0.2, 0) is 6.54 Å². The summed E-state index contributed by atoms with van der Waals surface area (Å²) >= 11 is 0. The zero-order valence-corrected chi connectivity index (χ0v) is 11.1. The highest BCUT2D eigenvalue weighted by Crippen LogP contribution is 2.23. The Labute approximate surface area is 105 Å². The summed E-state index contributed by atoms with van der Waals surface area (Å²) in [6.45, 7) is 8.04. The van der Waals surface area contributed by atoms with Gasteiger partial charge in [0.2, 0.25) is 0 Å². The first-order valence-electron chi connectivity index (χ1n) is 6.03. The maximum Gasteiger partial charge on any atom is 0.419 e. The van der Waals surface area contributed by atoms with Crippen LogP contribution in [0.5, 0.6) is 0 Å². The molecule has 0 atom stereocenters. The molecule has 0 unspecified atom stereocenters. The lowest BCUT2D eigenvalue weighted by Gasteiger charge is -2.16. The molecule has 0 spiro atoms. The Morgan fingerprint density at radius 1 is 1.33 bits per heavy atom. The van der Waals surface area contributed by atoms with Crippen LogP contribution in [0.3, 0.4) is 0 Å². The summed E-state index contributed by atoms with van der Waals surface area (Å²) in [5.74, 6) is -0.343. The number of hydrogen-bond acceptors (Lipinski definition) is 3. The molecule has 0 aliphatic carbocycles. The second kappa shape index (κ2) is 4.12. The molecule has 1 aromatic heterocycles. The summed E-state index contributed by atoms with van der Waals surface area (Å²) < 4.78 is 6.69. The van der Waals surface area contributed by atoms with Gasteiger partial charge in [-0.3, -0.25) is 9.36 Å². The van der Waals surface area contributed by atoms with Gasteiger partial charge < -0.3 is 4.42 Å². The van der Waals surface area contributed by atoms with Gasteiger partial charge in [-0.05, 0) is 25.1 Å². The van der Waals surface area contributed by atoms with Crippen molar-refractivity contribution in [3.8, 4) is 0 Å². The van der Waals surface area contributed by atoms with Crippen LogP contribution in [0.2, 0.25) is 0 Å². The first-order valence-corrected chi connectivity index (χ1v) is 6.03. The van der Waals surface area contributed by atoms with E-state index in [1.165, 1.54) is 0 Å². The molecule has 0 aliphatic heterocycles. The second-order valence-corrected chi connectivity index (χ2v) is 5.37. The van der Waals surface area contributed by atoms with E-state index in [4.69, 9.17) is 4.42 Å². The van der Waals surface area contributed by atoms with Gasteiger partial charge in [0.25, 0.3) is 0 Å². The molecule has 1 aromatic carbocycles. The predicted octanol–water partition coefficient (Wildman–Crippen LogP) is 2.84. The third-order valence-electron chi connectivity index (χ3n) is 2.93. The highest BCUT2D eigenvalue weighted by Gasteiger charge is 2.23. The molecule has 2 aromatic rings. The average Bonchev–Trinajstić information content (AvgIpc) is 2.60. The largest absolute Gasteiger partial charge is 0.419 e. The molecule has 1 heterocycles. The monoisotopic (exact) mass is 247 g/mol. The van der Waals surface area contributed by atoms with Crippen LogP contribution < -0.4 is 5.76 Å². The van der Waals surface area contributed by atoms with Crippen molar-refractivity contribution in [1.82, 2.24) is 4.57 Å². The number of ketones is 1. The number of aromatic nitrogens is 1. The quantitative estimate of drug-likeness (QED) is 0.767. The van der Waals surface area contributed by atoms with Crippen molar-refractivity contribution >= 4 is 16.9 Å². The normalized spacial score (nSPS) is 12.0. The summed E-state index contributed by atoms with van der Waals surface area (Å²) in [6, 6.07) is 5.16. The third-order valence-corrected chi connectivity index (χ3v) is 2.93. The van der Waals surface area contributed by atoms with Gasteiger partial charge in [-0.2, -0.15) is 0 Å². The van der Waals surface area contributed by atoms with Gasteiger partial charge in [0.1, 0.15) is 0 Å². The van der Waals surface area contributed by atoms with E-state index in [2.05, 4.69) is 0 Å². The van der Waals surface area contributed by atoms with Crippen LogP contribution >= 0.6 is 0 Å². The fourth-order valence-electron chi connectivity index (χ4n) is 1.94. The van der Waals surface area contributed by atoms with E-state index in [9.17, 15) is 9.59 Å². The predicted molar refractivity (Wildman–Crippen MR) is 69.9 cm³/mol. The smallest absolute Gasteiger partial charge is 0.408 e. The molecule has 4 heteroatoms. The maximum atomic E-state index is 12.1. The van der Waals surface area contributed by atoms with Crippen LogP contribution in [0, 0.1) is 5.41 Å². The molecular formula is C14H17NO3. The Morgan fingerprint density at radius 3 is 2.56 bits per heavy atom. The number of fused-ring (bicyclic) bond motifs is 1. The Bertz CT molecular complexity index is 656. The van der Waals surface area contributed by atoms with E-state index >= 15 is 0 Å². The molecule has 0 radical (unpaired) electrons. The van der Waals surface area contributed by atoms with Crippen LogP contribution in [-0.4, -0.2) is 10.4 Å². The minimum Gasteiger partial charge on any atom is -0.408 e. The van der Waals surface area contributed by atoms with Crippen molar-refractivity contribution in [3.63, 3.8) is 0 Å². The van der Waals surface area contributed by atoms with Crippen molar-refractivity contribution in [2.24, 2.45) is 5.41 Å². The minimum atomic E-state index is -0.443. The molecular weight excluding hydrogens is 230 g/mol. The molecule has 96 valence electrons. The molecule has 0 aliphatic rings. The van der Waals surface area contributed by atoms with Crippen molar-refractivity contribution in [2.45, 2.75) is 34.2 Å². The summed E-state index contributed by atoms with van der Waals surface area (Å²) in [7, 11) is 0. The molecule has 0 N–H and O–H groups in total. The highest BCUT2D eigenvalue weighted by atomic mass is 16.4. The van der Waals surface area contributed by atoms with E-state index in [0.29, 0.717) is 17.7 Å². The molecule has 0 fully saturated rings. The van der Waals surface area contributed by atoms with E-state index in [-0.39, 0.29) is 11.5 Å². The number of carbonyl (C=O) groups excluding carboxylic acids is 1. The van der Waals surface area contributed by atoms with Gasteiger partial charge in [-0.25, -0.2) is 4.79 Å². The first kappa shape index (κ1) is 12.6. The molecule has 0 bridgehead atoms. The Morgan fingerprint density at radius 2 is 2.00 bits per heavy atom. The lowest BCUT2D eigenvalue weighted by molar-refractivity contribution is 0.0858. The third kappa shape index (κ3) is 1.98. The van der Waals surface area contributed by atoms with Crippen LogP contribution in [0.25, 0.3) is 11.1 Å². The average molecular weight is 247 g/mol. The fraction of sp³-hybridized carbons (Fsp3) is 0.429. The number of Topliss-reactive ketones (excluding diaryl/α,β-unsaturated/α-hetero) is 1. The van der Waals surface area contributed by atoms with E-state index in [1.807, 2.05) is 27.7 Å². The standard InChI is InChI=1S/C14H17NO3/c1-5-15-10-7-6-9(12(16)14(2,3)4)8-11(10)18-13(15)17/h6-8H,5H2,1-4H3. The van der Waals surface area contributed by atoms with Gasteiger partial charge >= 0.3 is 5.76 Å². The Kier molecular flexibility index (Phi) is 2.89. The van der Waals surface area contributed by atoms with Crippen molar-refractivity contribution in [3.05, 3.63) is 34.3 Å². The number of nitrogens with zero attached hydrogens (tertiary/aromatic N) is 1. The first-order chi connectivity index (χ1) is 8.34. The molecule has 0 amide bonds. The number of aryl methyl sites for hydroxylation is 1. The van der Waals surface area contributed by atoms with Crippen LogP contribution in [0.15, 0.2) is 27.4 Å². The van der Waals surface area contributed by atoms with Gasteiger partial charge in [0.15, 0.2) is 11.4 Å². The van der Waals surface area contributed by atoms with Crippen LogP contribution in [0.4, 0.5) is 0 Å². The van der Waals surface area contributed by atoms with E-state index < -0.39 is 5.41 Å². The molecule has 2 rings (SSSR count). The minimum absolute atomic E-state index is 0.0382. The zero-order valence-electron chi connectivity index (χ0n) is 11.1. The van der Waals surface area contributed by atoms with Gasteiger partial charge in [0.05, 0.1) is 5.52 Å². The lowest BCUT2D eigenvalue weighted by atomic mass is 9.86. The lowest BCUT2D eigenvalue weighted by Crippen LogP contribution is -2.20. The number of hydrogen-bond donors (Lipinski definition) is 0. The fourth-order valence-corrected chi connectivity index (χ4v) is 1.94. The molecule has 0 saturated carbocycles. The van der Waals surface area contributed by atoms with Crippen molar-refractivity contribution in [1.29, 1.82) is 0 Å². The molecule has 0 saturated heterocycles. The summed E-state index contributed by atoms with van der Waals surface area (Å²) in [6.07, 6.45) is 0. The molecule has 4 nitrogen and oxygen atoms in total. The van der Waals surface area contributed by atoms with E-state index in [1.54, 1.807) is 22.8 Å². The van der Waals surface area contributed by atoms with E-state index in [0.717, 1.165) is 5.52 Å². The molecule has 18 heavy (non-hydrogen) atoms. The number of carbonyl (C=O) groups is 1. The van der Waals surface area contributed by atoms with Gasteiger partial charge in [-0.15, -0.1) is 0 Å². The summed E-state index contributed by atoms with van der Waals surface area (Å²) in [4.78, 5) is 23.7. The van der Waals surface area contributed by atoms with Crippen molar-refractivity contribution < 1.29 is 9.21 Å². The maximum absolute atomic E-state index is 12.1. The topological polar surface area (TPSA) is 52.2 Å². The number of oxazole rings is 1.